The van der Waals surface area contributed by atoms with Crippen molar-refractivity contribution in [3.8, 4) is 17.3 Å². The van der Waals surface area contributed by atoms with Crippen LogP contribution in [0.2, 0.25) is 0 Å². The first-order chi connectivity index (χ1) is 15.9. The van der Waals surface area contributed by atoms with Gasteiger partial charge in [0.25, 0.3) is 5.91 Å². The maximum atomic E-state index is 13.9. The minimum absolute atomic E-state index is 0.00917. The summed E-state index contributed by atoms with van der Waals surface area (Å²) in [6.07, 6.45) is 6.39. The number of hydrogen-bond acceptors (Lipinski definition) is 5. The molecular weight excluding hydrogens is 534 g/mol. The summed E-state index contributed by atoms with van der Waals surface area (Å²) in [5.41, 5.74) is 2.39. The average Bonchev–Trinajstić information content (AvgIpc) is 2.82. The van der Waals surface area contributed by atoms with Gasteiger partial charge in [-0.15, -0.1) is 0 Å². The molecule has 5 rings (SSSR count). The van der Waals surface area contributed by atoms with E-state index in [2.05, 4.69) is 44.5 Å². The van der Waals surface area contributed by atoms with Crippen LogP contribution in [0.25, 0.3) is 11.4 Å². The molecule has 1 saturated heterocycles. The van der Waals surface area contributed by atoms with E-state index in [1.54, 1.807) is 18.5 Å². The largest absolute Gasteiger partial charge is 0.477 e. The Bertz CT molecular complexity index is 1180. The first kappa shape index (κ1) is 22.2. The molecular formula is C25H24FIN4O2. The zero-order valence-electron chi connectivity index (χ0n) is 18.4. The molecule has 1 amide bonds. The number of fused-ring (bicyclic) bond motifs is 1. The van der Waals surface area contributed by atoms with E-state index < -0.39 is 5.82 Å². The van der Waals surface area contributed by atoms with Crippen LogP contribution < -0.4 is 4.74 Å². The second-order valence-corrected chi connectivity index (χ2v) is 10.7. The van der Waals surface area contributed by atoms with E-state index in [4.69, 9.17) is 4.74 Å². The lowest BCUT2D eigenvalue weighted by Gasteiger charge is -2.71. The summed E-state index contributed by atoms with van der Waals surface area (Å²) in [4.78, 5) is 28.7. The maximum Gasteiger partial charge on any atom is 0.255 e. The van der Waals surface area contributed by atoms with Gasteiger partial charge in [-0.2, -0.15) is 0 Å². The number of aryl methyl sites for hydroxylation is 1. The number of benzene rings is 1. The molecule has 0 bridgehead atoms. The van der Waals surface area contributed by atoms with E-state index in [0.29, 0.717) is 23.9 Å². The number of halogens is 2. The van der Waals surface area contributed by atoms with Crippen molar-refractivity contribution in [2.75, 3.05) is 6.61 Å². The topological polar surface area (TPSA) is 68.2 Å². The van der Waals surface area contributed by atoms with Gasteiger partial charge in [-0.1, -0.05) is 47.2 Å². The third-order valence-corrected chi connectivity index (χ3v) is 8.48. The fourth-order valence-electron chi connectivity index (χ4n) is 5.20. The predicted molar refractivity (Wildman–Crippen MR) is 131 cm³/mol. The third-order valence-electron chi connectivity index (χ3n) is 6.68. The molecule has 4 unspecified atom stereocenters. The monoisotopic (exact) mass is 558 g/mol. The Morgan fingerprint density at radius 1 is 1.24 bits per heavy atom. The molecule has 3 heterocycles. The zero-order valence-corrected chi connectivity index (χ0v) is 20.6. The number of alkyl halides is 1. The molecule has 0 radical (unpaired) electrons. The van der Waals surface area contributed by atoms with Crippen LogP contribution in [-0.4, -0.2) is 47.9 Å². The van der Waals surface area contributed by atoms with Gasteiger partial charge in [0.2, 0.25) is 5.88 Å². The summed E-state index contributed by atoms with van der Waals surface area (Å²) < 4.78 is 19.0. The number of piperidine rings is 1. The molecule has 4 atom stereocenters. The van der Waals surface area contributed by atoms with Crippen LogP contribution in [-0.2, 0) is 0 Å². The van der Waals surface area contributed by atoms with Crippen LogP contribution in [0.1, 0.15) is 35.7 Å². The Labute approximate surface area is 205 Å². The number of carbonyl (C=O) groups excluding carboxylic acids is 1. The summed E-state index contributed by atoms with van der Waals surface area (Å²) in [6, 6.07) is 10.7. The minimum Gasteiger partial charge on any atom is -0.477 e. The number of nitrogens with zero attached hydrogens (tertiary/aromatic N) is 4. The van der Waals surface area contributed by atoms with Gasteiger partial charge in [-0.3, -0.25) is 4.79 Å². The molecule has 1 saturated carbocycles. The van der Waals surface area contributed by atoms with Gasteiger partial charge >= 0.3 is 0 Å². The Hall–Kier alpha value is -2.62. The number of amides is 1. The average molecular weight is 558 g/mol. The zero-order chi connectivity index (χ0) is 23.2. The maximum absolute atomic E-state index is 13.9. The van der Waals surface area contributed by atoms with E-state index >= 15 is 0 Å². The number of pyridine rings is 1. The van der Waals surface area contributed by atoms with Crippen molar-refractivity contribution in [1.82, 2.24) is 19.9 Å². The first-order valence-corrected chi connectivity index (χ1v) is 12.1. The van der Waals surface area contributed by atoms with Crippen molar-refractivity contribution in [1.29, 1.82) is 0 Å². The van der Waals surface area contributed by atoms with Crippen molar-refractivity contribution >= 4 is 28.5 Å². The van der Waals surface area contributed by atoms with Crippen LogP contribution in [0.4, 0.5) is 4.39 Å². The molecule has 33 heavy (non-hydrogen) atoms. The van der Waals surface area contributed by atoms with Crippen LogP contribution in [0.3, 0.4) is 0 Å². The van der Waals surface area contributed by atoms with E-state index in [1.165, 1.54) is 12.1 Å². The number of carbonyl (C=O) groups is 1. The Morgan fingerprint density at radius 2 is 2.03 bits per heavy atom. The van der Waals surface area contributed by atoms with Crippen LogP contribution in [0, 0.1) is 18.7 Å². The fraction of sp³-hybridized carbons (Fsp3) is 0.360. The lowest BCUT2D eigenvalue weighted by Crippen LogP contribution is -2.83. The van der Waals surface area contributed by atoms with Crippen molar-refractivity contribution in [3.05, 3.63) is 71.9 Å². The van der Waals surface area contributed by atoms with Gasteiger partial charge < -0.3 is 9.64 Å². The second kappa shape index (κ2) is 8.62. The molecule has 2 fully saturated rings. The number of ether oxygens (including phenoxy) is 1. The molecule has 1 aromatic carbocycles. The van der Waals surface area contributed by atoms with Gasteiger partial charge in [0, 0.05) is 36.0 Å². The van der Waals surface area contributed by atoms with Crippen LogP contribution >= 0.6 is 22.6 Å². The highest BCUT2D eigenvalue weighted by molar-refractivity contribution is 14.1. The Morgan fingerprint density at radius 3 is 2.73 bits per heavy atom. The van der Waals surface area contributed by atoms with E-state index in [-0.39, 0.29) is 27.3 Å². The molecule has 8 heteroatoms. The highest BCUT2D eigenvalue weighted by Crippen LogP contribution is 2.61. The molecule has 1 aliphatic carbocycles. The summed E-state index contributed by atoms with van der Waals surface area (Å²) >= 11 is 2.53. The minimum atomic E-state index is -0.393. The van der Waals surface area contributed by atoms with Gasteiger partial charge in [-0.25, -0.2) is 19.3 Å². The molecule has 2 aromatic heterocycles. The predicted octanol–water partition coefficient (Wildman–Crippen LogP) is 4.86. The van der Waals surface area contributed by atoms with Crippen molar-refractivity contribution in [2.45, 2.75) is 42.2 Å². The van der Waals surface area contributed by atoms with E-state index in [1.807, 2.05) is 30.0 Å². The van der Waals surface area contributed by atoms with Gasteiger partial charge in [0.1, 0.15) is 5.82 Å². The molecule has 170 valence electrons. The smallest absolute Gasteiger partial charge is 0.255 e. The molecule has 3 aromatic rings. The molecule has 1 aliphatic heterocycles. The summed E-state index contributed by atoms with van der Waals surface area (Å²) in [6.45, 7) is 4.56. The molecule has 6 nitrogen and oxygen atoms in total. The van der Waals surface area contributed by atoms with Crippen LogP contribution in [0.5, 0.6) is 5.88 Å². The first-order valence-electron chi connectivity index (χ1n) is 11.1. The van der Waals surface area contributed by atoms with Crippen molar-refractivity contribution in [3.63, 3.8) is 0 Å². The standard InChI is InChI=1S/C25H24FIN4O2/c1-3-20-25(27)12-16(14-33-21-8-6-17(26)13-30-21)22(25)31(20)24(32)19-11-15(2)5-7-18(19)23-28-9-4-10-29-23/h4-11,13,16,20,22H,3,12,14H2,1-2H3. The number of rotatable bonds is 6. The van der Waals surface area contributed by atoms with E-state index in [0.717, 1.165) is 30.2 Å². The van der Waals surface area contributed by atoms with Gasteiger partial charge in [-0.05, 0) is 38.0 Å². The highest BCUT2D eigenvalue weighted by Gasteiger charge is 2.70. The van der Waals surface area contributed by atoms with Crippen molar-refractivity contribution in [2.24, 2.45) is 5.92 Å². The summed E-state index contributed by atoms with van der Waals surface area (Å²) in [5.74, 6) is 0.756. The fourth-order valence-corrected chi connectivity index (χ4v) is 7.32. The SMILES string of the molecule is CCC1N(C(=O)c2cc(C)ccc2-c2ncccn2)C2C(COc3ccc(F)cn3)CC12I. The second-order valence-electron chi connectivity index (χ2n) is 8.72. The lowest BCUT2D eigenvalue weighted by molar-refractivity contribution is -0.112. The summed E-state index contributed by atoms with van der Waals surface area (Å²) in [5, 5.41) is 0. The van der Waals surface area contributed by atoms with Gasteiger partial charge in [0.05, 0.1) is 27.8 Å². The van der Waals surface area contributed by atoms with Gasteiger partial charge in [0.15, 0.2) is 5.82 Å². The Kier molecular flexibility index (Phi) is 5.80. The molecule has 0 spiro atoms. The van der Waals surface area contributed by atoms with E-state index in [9.17, 15) is 9.18 Å². The Balaban J connectivity index is 1.40. The van der Waals surface area contributed by atoms with Crippen molar-refractivity contribution < 1.29 is 13.9 Å². The normalized spacial score (nSPS) is 25.6. The van der Waals surface area contributed by atoms with Crippen LogP contribution in [0.15, 0.2) is 55.0 Å². The third kappa shape index (κ3) is 3.78. The highest BCUT2D eigenvalue weighted by atomic mass is 127. The lowest BCUT2D eigenvalue weighted by atomic mass is 9.57. The number of likely N-dealkylation sites (tertiary alicyclic amines) is 1. The molecule has 2 aliphatic rings. The molecule has 0 N–H and O–H groups in total. The quantitative estimate of drug-likeness (QED) is 0.320. The number of hydrogen-bond donors (Lipinski definition) is 0. The summed E-state index contributed by atoms with van der Waals surface area (Å²) in [7, 11) is 0. The number of aromatic nitrogens is 3.